The molecule has 1 unspecified atom stereocenters. The molecule has 1 aromatic rings. The minimum atomic E-state index is -1.87. The van der Waals surface area contributed by atoms with Crippen molar-refractivity contribution >= 4 is 13.6 Å². The summed E-state index contributed by atoms with van der Waals surface area (Å²) in [6.07, 6.45) is 0. The second kappa shape index (κ2) is 5.34. The lowest BCUT2D eigenvalue weighted by Crippen LogP contribution is -2.74. The summed E-state index contributed by atoms with van der Waals surface area (Å²) < 4.78 is 2.42. The third-order valence-corrected chi connectivity index (χ3v) is 8.93. The molecule has 0 amide bonds. The van der Waals surface area contributed by atoms with Crippen LogP contribution < -0.4 is 10.2 Å². The van der Waals surface area contributed by atoms with Gasteiger partial charge in [0.05, 0.1) is 0 Å². The fraction of sp³-hybridized carbons (Fsp3) is 0.571. The quantitative estimate of drug-likeness (QED) is 0.825. The molecule has 3 heteroatoms. The summed E-state index contributed by atoms with van der Waals surface area (Å²) in [4.78, 5) is 3.82. The minimum Gasteiger partial charge on any atom is -0.322 e. The van der Waals surface area contributed by atoms with E-state index in [-0.39, 0.29) is 5.04 Å². The average Bonchev–Trinajstić information content (AvgIpc) is 2.24. The molecule has 0 saturated heterocycles. The molecular formula is C14H26N2Si. The maximum atomic E-state index is 3.82. The van der Waals surface area contributed by atoms with Crippen LogP contribution >= 0.6 is 0 Å². The van der Waals surface area contributed by atoms with Gasteiger partial charge in [0.1, 0.15) is 0 Å². The molecule has 0 aromatic heterocycles. The fourth-order valence-corrected chi connectivity index (χ4v) is 7.78. The van der Waals surface area contributed by atoms with Gasteiger partial charge in [0, 0.05) is 0 Å². The molecule has 0 saturated carbocycles. The number of nitrogens with zero attached hydrogens (tertiary/aromatic N) is 1. The molecule has 0 spiro atoms. The summed E-state index contributed by atoms with van der Waals surface area (Å²) in [5.74, 6) is 0. The van der Waals surface area contributed by atoms with Crippen molar-refractivity contribution in [2.75, 3.05) is 20.6 Å². The number of rotatable bonds is 4. The van der Waals surface area contributed by atoms with Crippen LogP contribution in [0.3, 0.4) is 0 Å². The molecule has 0 bridgehead atoms. The van der Waals surface area contributed by atoms with Crippen LogP contribution in [0.25, 0.3) is 0 Å². The largest absolute Gasteiger partial charge is 0.322 e. The first kappa shape index (κ1) is 14.4. The van der Waals surface area contributed by atoms with Gasteiger partial charge in [-0.25, -0.2) is 0 Å². The maximum Gasteiger partial charge on any atom is 0.242 e. The molecule has 0 radical (unpaired) electrons. The van der Waals surface area contributed by atoms with Gasteiger partial charge >= 0.3 is 0 Å². The molecule has 2 nitrogen and oxygen atoms in total. The molecule has 0 aliphatic rings. The van der Waals surface area contributed by atoms with Gasteiger partial charge in [0.25, 0.3) is 0 Å². The first-order chi connectivity index (χ1) is 7.86. The van der Waals surface area contributed by atoms with E-state index in [1.165, 1.54) is 5.19 Å². The van der Waals surface area contributed by atoms with Crippen molar-refractivity contribution in [1.82, 2.24) is 9.55 Å². The van der Waals surface area contributed by atoms with Crippen molar-refractivity contribution in [2.45, 2.75) is 32.7 Å². The van der Waals surface area contributed by atoms with Gasteiger partial charge in [-0.15, -0.1) is 0 Å². The topological polar surface area (TPSA) is 15.3 Å². The predicted octanol–water partition coefficient (Wildman–Crippen LogP) is 2.31. The molecule has 1 rings (SSSR count). The Hall–Kier alpha value is -0.643. The number of nitrogens with one attached hydrogen (secondary N) is 1. The van der Waals surface area contributed by atoms with Crippen molar-refractivity contribution < 1.29 is 0 Å². The van der Waals surface area contributed by atoms with Crippen LogP contribution in [0.15, 0.2) is 30.3 Å². The molecule has 0 aliphatic carbocycles. The molecule has 1 N–H and O–H groups in total. The van der Waals surface area contributed by atoms with Crippen molar-refractivity contribution in [3.05, 3.63) is 30.3 Å². The smallest absolute Gasteiger partial charge is 0.242 e. The summed E-state index contributed by atoms with van der Waals surface area (Å²) in [5.41, 5.74) is 0. The minimum absolute atomic E-state index is 0.244. The highest BCUT2D eigenvalue weighted by molar-refractivity contribution is 6.89. The average molecular weight is 250 g/mol. The number of benzene rings is 1. The summed E-state index contributed by atoms with van der Waals surface area (Å²) in [6.45, 7) is 10.2. The zero-order chi connectivity index (χ0) is 13.1. The monoisotopic (exact) mass is 250 g/mol. The Balaban J connectivity index is 3.36. The highest BCUT2D eigenvalue weighted by Crippen LogP contribution is 2.34. The van der Waals surface area contributed by atoms with Gasteiger partial charge in [-0.05, 0) is 30.9 Å². The Morgan fingerprint density at radius 1 is 1.12 bits per heavy atom. The number of hydrogen-bond acceptors (Lipinski definition) is 2. The van der Waals surface area contributed by atoms with Crippen LogP contribution in [-0.2, 0) is 0 Å². The van der Waals surface area contributed by atoms with E-state index in [9.17, 15) is 0 Å². The third-order valence-electron chi connectivity index (χ3n) is 3.38. The van der Waals surface area contributed by atoms with Crippen LogP contribution in [0.2, 0.25) is 5.04 Å². The molecule has 0 fully saturated rings. The molecule has 0 aliphatic heterocycles. The third kappa shape index (κ3) is 2.62. The first-order valence-electron chi connectivity index (χ1n) is 6.34. The van der Waals surface area contributed by atoms with Gasteiger partial charge in [-0.3, -0.25) is 0 Å². The Morgan fingerprint density at radius 3 is 2.00 bits per heavy atom. The van der Waals surface area contributed by atoms with Crippen LogP contribution in [0, 0.1) is 0 Å². The van der Waals surface area contributed by atoms with Crippen molar-refractivity contribution in [2.24, 2.45) is 0 Å². The van der Waals surface area contributed by atoms with Crippen LogP contribution in [0.4, 0.5) is 0 Å². The molecular weight excluding hydrogens is 224 g/mol. The van der Waals surface area contributed by atoms with Gasteiger partial charge in [-0.1, -0.05) is 58.0 Å². The molecule has 17 heavy (non-hydrogen) atoms. The first-order valence-corrected chi connectivity index (χ1v) is 8.29. The second-order valence-electron chi connectivity index (χ2n) is 5.75. The van der Waals surface area contributed by atoms with Crippen LogP contribution in [0.1, 0.15) is 27.7 Å². The predicted molar refractivity (Wildman–Crippen MR) is 78.9 cm³/mol. The van der Waals surface area contributed by atoms with Crippen molar-refractivity contribution in [3.63, 3.8) is 0 Å². The van der Waals surface area contributed by atoms with Gasteiger partial charge in [0.15, 0.2) is 0 Å². The lowest BCUT2D eigenvalue weighted by molar-refractivity contribution is 0.527. The van der Waals surface area contributed by atoms with E-state index in [0.717, 1.165) is 6.54 Å². The van der Waals surface area contributed by atoms with Gasteiger partial charge in [-0.2, -0.15) is 0 Å². The zero-order valence-corrected chi connectivity index (χ0v) is 13.0. The summed E-state index contributed by atoms with van der Waals surface area (Å²) in [6, 6.07) is 10.9. The van der Waals surface area contributed by atoms with Crippen molar-refractivity contribution in [3.8, 4) is 0 Å². The number of hydrogen-bond donors (Lipinski definition) is 1. The standard InChI is InChI=1S/C14H26N2Si/c1-7-15-17(16(5)6,14(2,3)4)13-11-9-8-10-12-13/h8-12,15H,7H2,1-6H3. The van der Waals surface area contributed by atoms with E-state index >= 15 is 0 Å². The second-order valence-corrected chi connectivity index (χ2v) is 10.5. The normalized spacial score (nSPS) is 15.9. The lowest BCUT2D eigenvalue weighted by atomic mass is 10.2. The Kier molecular flexibility index (Phi) is 4.53. The molecule has 96 valence electrons. The molecule has 1 aromatic carbocycles. The summed E-state index contributed by atoms with van der Waals surface area (Å²) in [5, 5.41) is 1.70. The van der Waals surface area contributed by atoms with E-state index in [0.29, 0.717) is 0 Å². The SMILES string of the molecule is CCN[Si](c1ccccc1)(N(C)C)C(C)(C)C. The fourth-order valence-electron chi connectivity index (χ4n) is 2.82. The van der Waals surface area contributed by atoms with Gasteiger partial charge < -0.3 is 9.55 Å². The van der Waals surface area contributed by atoms with E-state index in [2.05, 4.69) is 81.7 Å². The van der Waals surface area contributed by atoms with Crippen LogP contribution in [-0.4, -0.2) is 33.6 Å². The van der Waals surface area contributed by atoms with Gasteiger partial charge in [0.2, 0.25) is 8.40 Å². The molecule has 0 heterocycles. The summed E-state index contributed by atoms with van der Waals surface area (Å²) in [7, 11) is 2.54. The highest BCUT2D eigenvalue weighted by atomic mass is 28.3. The van der Waals surface area contributed by atoms with Crippen LogP contribution in [0.5, 0.6) is 0 Å². The highest BCUT2D eigenvalue weighted by Gasteiger charge is 2.48. The van der Waals surface area contributed by atoms with E-state index in [4.69, 9.17) is 0 Å². The Bertz CT molecular complexity index is 343. The Labute approximate surface area is 107 Å². The maximum absolute atomic E-state index is 3.82. The van der Waals surface area contributed by atoms with E-state index in [1.807, 2.05) is 0 Å². The zero-order valence-electron chi connectivity index (χ0n) is 12.0. The van der Waals surface area contributed by atoms with E-state index in [1.54, 1.807) is 0 Å². The Morgan fingerprint density at radius 2 is 1.65 bits per heavy atom. The summed E-state index contributed by atoms with van der Waals surface area (Å²) >= 11 is 0. The van der Waals surface area contributed by atoms with E-state index < -0.39 is 8.40 Å². The van der Waals surface area contributed by atoms with Crippen molar-refractivity contribution in [1.29, 1.82) is 0 Å². The molecule has 1 atom stereocenters. The lowest BCUT2D eigenvalue weighted by Gasteiger charge is -2.47.